The number of hydrogen-bond acceptors (Lipinski definition) is 8. The van der Waals surface area contributed by atoms with Gasteiger partial charge in [0.05, 0.1) is 39.6 Å². The molecule has 2 aliphatic heterocycles. The summed E-state index contributed by atoms with van der Waals surface area (Å²) in [4.78, 5) is 29.8. The quantitative estimate of drug-likeness (QED) is 0.0388. The Labute approximate surface area is 402 Å². The standard InChI is InChI=1S/C58H90N2O6/c1-45(21-23-53-49(5)19-13-29-57(53,7)8)15-11-17-47(3)41-55(61)65-35-27-51-25-31-59(43-51)33-37-63-39-40-64-38-34-60-32-26-52(44-60)28-36-66-56(62)42-48(4)18-12-16-46(2)22-24-54-50(6)20-14-30-58(54,9)10/h11-12,15-18,21-24,41-42,49,51-53H,13-14,19-20,25-40,43-44H2,1-10H3/b17-11+,18-12+,23-21+,24-22+,45-15+,46-16+,47-41+,48-42+. The molecule has 2 aliphatic carbocycles. The zero-order valence-corrected chi connectivity index (χ0v) is 43.1. The molecule has 2 saturated heterocycles. The lowest BCUT2D eigenvalue weighted by Gasteiger charge is -2.41. The molecule has 0 N–H and O–H groups in total. The van der Waals surface area contributed by atoms with E-state index in [9.17, 15) is 9.59 Å². The molecule has 4 aliphatic rings. The van der Waals surface area contributed by atoms with Crippen molar-refractivity contribution >= 4 is 11.9 Å². The van der Waals surface area contributed by atoms with Crippen LogP contribution in [0.4, 0.5) is 0 Å². The Morgan fingerprint density at radius 3 is 1.70 bits per heavy atom. The van der Waals surface area contributed by atoms with Crippen LogP contribution >= 0.6 is 0 Å². The highest BCUT2D eigenvalue weighted by Crippen LogP contribution is 2.45. The highest BCUT2D eigenvalue weighted by atomic mass is 16.5. The van der Waals surface area contributed by atoms with Gasteiger partial charge in [-0.1, -0.05) is 125 Å². The highest BCUT2D eigenvalue weighted by molar-refractivity contribution is 5.83. The average molecular weight is 911 g/mol. The van der Waals surface area contributed by atoms with Crippen LogP contribution in [0, 0.1) is 34.5 Å². The number of carbonyl (C=O) groups excluding carboxylic acids is 2. The smallest absolute Gasteiger partial charge is 0.331 e. The fourth-order valence-electron chi connectivity index (χ4n) is 10.4. The van der Waals surface area contributed by atoms with Crippen molar-refractivity contribution in [2.45, 2.75) is 133 Å². The number of rotatable bonds is 25. The van der Waals surface area contributed by atoms with Crippen molar-refractivity contribution in [2.24, 2.45) is 34.5 Å². The maximum Gasteiger partial charge on any atom is 0.331 e. The summed E-state index contributed by atoms with van der Waals surface area (Å²) >= 11 is 0. The minimum atomic E-state index is -0.275. The van der Waals surface area contributed by atoms with Crippen molar-refractivity contribution in [3.63, 3.8) is 0 Å². The molecule has 1 saturated carbocycles. The van der Waals surface area contributed by atoms with E-state index in [1.807, 2.05) is 38.2 Å². The zero-order chi connectivity index (χ0) is 48.0. The van der Waals surface area contributed by atoms with Gasteiger partial charge in [0, 0.05) is 38.3 Å². The largest absolute Gasteiger partial charge is 0.463 e. The van der Waals surface area contributed by atoms with E-state index in [1.54, 1.807) is 12.2 Å². The fourth-order valence-corrected chi connectivity index (χ4v) is 10.4. The summed E-state index contributed by atoms with van der Waals surface area (Å²) in [6, 6.07) is 0. The molecule has 0 aromatic heterocycles. The van der Waals surface area contributed by atoms with Crippen LogP contribution in [-0.2, 0) is 28.5 Å². The lowest BCUT2D eigenvalue weighted by molar-refractivity contribution is -0.139. The summed E-state index contributed by atoms with van der Waals surface area (Å²) in [6.07, 6.45) is 36.1. The van der Waals surface area contributed by atoms with Crippen LogP contribution in [0.3, 0.4) is 0 Å². The molecule has 0 bridgehead atoms. The lowest BCUT2D eigenvalue weighted by Crippen LogP contribution is -2.32. The van der Waals surface area contributed by atoms with Crippen LogP contribution in [0.25, 0.3) is 0 Å². The minimum Gasteiger partial charge on any atom is -0.463 e. The summed E-state index contributed by atoms with van der Waals surface area (Å²) < 4.78 is 22.9. The van der Waals surface area contributed by atoms with Gasteiger partial charge in [-0.3, -0.25) is 0 Å². The first-order valence-electron chi connectivity index (χ1n) is 25.6. The van der Waals surface area contributed by atoms with Gasteiger partial charge in [-0.25, -0.2) is 9.59 Å². The van der Waals surface area contributed by atoms with Gasteiger partial charge >= 0.3 is 11.9 Å². The van der Waals surface area contributed by atoms with Gasteiger partial charge in [-0.05, 0) is 150 Å². The Balaban J connectivity index is 0.964. The number of likely N-dealkylation sites (tertiary alicyclic amines) is 2. The molecule has 0 amide bonds. The van der Waals surface area contributed by atoms with E-state index in [-0.39, 0.29) is 17.4 Å². The molecule has 0 aromatic rings. The summed E-state index contributed by atoms with van der Waals surface area (Å²) in [5.41, 5.74) is 7.73. The number of esters is 2. The van der Waals surface area contributed by atoms with Crippen molar-refractivity contribution in [3.8, 4) is 0 Å². The van der Waals surface area contributed by atoms with Gasteiger partial charge in [0.25, 0.3) is 0 Å². The van der Waals surface area contributed by atoms with Crippen molar-refractivity contribution in [1.82, 2.24) is 9.80 Å². The third kappa shape index (κ3) is 20.8. The number of allylic oxidation sites excluding steroid dienone is 16. The van der Waals surface area contributed by atoms with Crippen LogP contribution in [-0.4, -0.2) is 101 Å². The molecule has 66 heavy (non-hydrogen) atoms. The molecule has 8 nitrogen and oxygen atoms in total. The van der Waals surface area contributed by atoms with Gasteiger partial charge in [0.2, 0.25) is 0 Å². The van der Waals surface area contributed by atoms with Crippen molar-refractivity contribution in [3.05, 3.63) is 106 Å². The van der Waals surface area contributed by atoms with Gasteiger partial charge in [-0.15, -0.1) is 0 Å². The molecule has 4 unspecified atom stereocenters. The second-order valence-electron chi connectivity index (χ2n) is 21.4. The molecule has 2 heterocycles. The summed E-state index contributed by atoms with van der Waals surface area (Å²) in [5, 5.41) is 0. The number of hydrogen-bond donors (Lipinski definition) is 0. The Morgan fingerprint density at radius 1 is 0.652 bits per heavy atom. The van der Waals surface area contributed by atoms with Gasteiger partial charge in [-0.2, -0.15) is 0 Å². The second-order valence-corrected chi connectivity index (χ2v) is 21.4. The maximum atomic E-state index is 12.4. The summed E-state index contributed by atoms with van der Waals surface area (Å²) in [7, 11) is 0. The molecule has 0 aromatic carbocycles. The monoisotopic (exact) mass is 911 g/mol. The van der Waals surface area contributed by atoms with E-state index in [4.69, 9.17) is 18.9 Å². The predicted molar refractivity (Wildman–Crippen MR) is 274 cm³/mol. The molecule has 4 atom stereocenters. The van der Waals surface area contributed by atoms with Crippen LogP contribution in [0.2, 0.25) is 0 Å². The molecular weight excluding hydrogens is 821 g/mol. The number of ether oxygens (including phenoxy) is 4. The molecule has 368 valence electrons. The third-order valence-electron chi connectivity index (χ3n) is 14.5. The van der Waals surface area contributed by atoms with E-state index in [0.29, 0.717) is 62.8 Å². The maximum absolute atomic E-state index is 12.4. The van der Waals surface area contributed by atoms with Crippen LogP contribution in [0.1, 0.15) is 133 Å². The third-order valence-corrected chi connectivity index (χ3v) is 14.5. The Hall–Kier alpha value is -3.56. The van der Waals surface area contributed by atoms with E-state index in [0.717, 1.165) is 82.0 Å². The van der Waals surface area contributed by atoms with E-state index >= 15 is 0 Å². The van der Waals surface area contributed by atoms with Crippen molar-refractivity contribution < 1.29 is 28.5 Å². The SMILES string of the molecule is CC1=C(/C=C/C(C)=C/C=C/C(C)=C/C(=O)OCCC2CCN(CCOCCOCCN3CCC(CCOC(=O)/C=C(C)/C=C/C=C(C)/C=C/C4C(C)CCCC4(C)C)C3)C2)C(C)(C)CCC1. The van der Waals surface area contributed by atoms with Crippen LogP contribution in [0.15, 0.2) is 106 Å². The van der Waals surface area contributed by atoms with Gasteiger partial charge in [0.15, 0.2) is 0 Å². The number of nitrogens with zero attached hydrogens (tertiary/aromatic N) is 2. The number of carbonyl (C=O) groups is 2. The first-order valence-corrected chi connectivity index (χ1v) is 25.6. The van der Waals surface area contributed by atoms with Crippen LogP contribution in [0.5, 0.6) is 0 Å². The normalized spacial score (nSPS) is 25.1. The molecule has 4 rings (SSSR count). The average Bonchev–Trinajstić information content (AvgIpc) is 3.90. The van der Waals surface area contributed by atoms with E-state index in [2.05, 4.69) is 102 Å². The first kappa shape index (κ1) is 55.0. The Kier molecular flexibility index (Phi) is 23.9. The van der Waals surface area contributed by atoms with Crippen molar-refractivity contribution in [2.75, 3.05) is 78.9 Å². The summed E-state index contributed by atoms with van der Waals surface area (Å²) in [6.45, 7) is 31.7. The van der Waals surface area contributed by atoms with Gasteiger partial charge < -0.3 is 28.7 Å². The zero-order valence-electron chi connectivity index (χ0n) is 43.1. The van der Waals surface area contributed by atoms with Gasteiger partial charge in [0.1, 0.15) is 0 Å². The Bertz CT molecular complexity index is 1820. The summed E-state index contributed by atoms with van der Waals surface area (Å²) in [5.74, 6) is 1.87. The lowest BCUT2D eigenvalue weighted by atomic mass is 9.64. The molecule has 3 fully saturated rings. The Morgan fingerprint density at radius 2 is 1.18 bits per heavy atom. The second kappa shape index (κ2) is 28.7. The highest BCUT2D eigenvalue weighted by Gasteiger charge is 2.35. The van der Waals surface area contributed by atoms with Crippen LogP contribution < -0.4 is 0 Å². The first-order chi connectivity index (χ1) is 31.5. The topological polar surface area (TPSA) is 77.5 Å². The van der Waals surface area contributed by atoms with E-state index in [1.165, 1.54) is 60.8 Å². The molecular formula is C58H90N2O6. The fraction of sp³-hybridized carbons (Fsp3) is 0.655. The van der Waals surface area contributed by atoms with Crippen molar-refractivity contribution in [1.29, 1.82) is 0 Å². The predicted octanol–water partition coefficient (Wildman–Crippen LogP) is 12.5. The molecule has 0 radical (unpaired) electrons. The molecule has 0 spiro atoms. The molecule has 8 heteroatoms. The van der Waals surface area contributed by atoms with E-state index < -0.39 is 0 Å². The minimum absolute atomic E-state index is 0.238.